The number of nitro groups is 1. The van der Waals surface area contributed by atoms with Gasteiger partial charge in [0.2, 0.25) is 0 Å². The number of nitro benzene ring substituents is 1. The molecule has 0 spiro atoms. The zero-order valence-corrected chi connectivity index (χ0v) is 11.0. The normalized spacial score (nSPS) is 13.0. The van der Waals surface area contributed by atoms with Crippen molar-refractivity contribution in [1.29, 1.82) is 0 Å². The highest BCUT2D eigenvalue weighted by Crippen LogP contribution is 2.29. The Hall–Kier alpha value is -2.89. The summed E-state index contributed by atoms with van der Waals surface area (Å²) in [6.07, 6.45) is 0. The summed E-state index contributed by atoms with van der Waals surface area (Å²) in [7, 11) is 0. The van der Waals surface area contributed by atoms with Crippen molar-refractivity contribution in [2.75, 3.05) is 4.90 Å². The molecule has 1 heterocycles. The summed E-state index contributed by atoms with van der Waals surface area (Å²) >= 11 is 0. The molecule has 1 aliphatic rings. The number of fused-ring (bicyclic) bond motifs is 1. The molecule has 0 unspecified atom stereocenters. The van der Waals surface area contributed by atoms with E-state index in [-0.39, 0.29) is 11.3 Å². The smallest absolute Gasteiger partial charge is 0.335 e. The quantitative estimate of drug-likeness (QED) is 0.692. The van der Waals surface area contributed by atoms with Gasteiger partial charge in [0.1, 0.15) is 0 Å². The Balaban J connectivity index is 1.84. The van der Waals surface area contributed by atoms with Gasteiger partial charge in [0.25, 0.3) is 5.69 Å². The molecule has 6 nitrogen and oxygen atoms in total. The van der Waals surface area contributed by atoms with Crippen molar-refractivity contribution >= 4 is 17.3 Å². The highest BCUT2D eigenvalue weighted by atomic mass is 16.6. The molecule has 0 saturated carbocycles. The first-order valence-corrected chi connectivity index (χ1v) is 6.39. The molecule has 0 fully saturated rings. The first-order chi connectivity index (χ1) is 10.0. The van der Waals surface area contributed by atoms with Gasteiger partial charge in [-0.2, -0.15) is 0 Å². The second-order valence-corrected chi connectivity index (χ2v) is 4.92. The van der Waals surface area contributed by atoms with Gasteiger partial charge in [-0.3, -0.25) is 10.1 Å². The van der Waals surface area contributed by atoms with Gasteiger partial charge in [0.15, 0.2) is 0 Å². The first kappa shape index (κ1) is 13.1. The van der Waals surface area contributed by atoms with E-state index < -0.39 is 10.9 Å². The second kappa shape index (κ2) is 4.90. The van der Waals surface area contributed by atoms with E-state index in [0.29, 0.717) is 13.1 Å². The molecule has 2 aromatic rings. The number of hydrogen-bond donors (Lipinski definition) is 1. The molecule has 2 aromatic carbocycles. The molecule has 0 bridgehead atoms. The van der Waals surface area contributed by atoms with Crippen molar-refractivity contribution in [3.05, 3.63) is 69.3 Å². The minimum Gasteiger partial charge on any atom is -0.478 e. The van der Waals surface area contributed by atoms with Crippen LogP contribution in [0.25, 0.3) is 0 Å². The molecule has 0 aliphatic carbocycles. The lowest BCUT2D eigenvalue weighted by Crippen LogP contribution is -2.14. The average molecular weight is 284 g/mol. The Kier molecular flexibility index (Phi) is 3.06. The summed E-state index contributed by atoms with van der Waals surface area (Å²) in [6.45, 7) is 1.28. The summed E-state index contributed by atoms with van der Waals surface area (Å²) in [5, 5.41) is 19.7. The zero-order valence-electron chi connectivity index (χ0n) is 11.0. The van der Waals surface area contributed by atoms with Gasteiger partial charge in [-0.25, -0.2) is 4.79 Å². The zero-order chi connectivity index (χ0) is 15.0. The lowest BCUT2D eigenvalue weighted by Gasteiger charge is -2.17. The fraction of sp³-hybridized carbons (Fsp3) is 0.133. The van der Waals surface area contributed by atoms with E-state index in [1.807, 2.05) is 6.07 Å². The molecule has 3 rings (SSSR count). The van der Waals surface area contributed by atoms with Crippen LogP contribution in [0.4, 0.5) is 11.4 Å². The predicted molar refractivity (Wildman–Crippen MR) is 76.4 cm³/mol. The fourth-order valence-electron chi connectivity index (χ4n) is 2.50. The van der Waals surface area contributed by atoms with Crippen LogP contribution >= 0.6 is 0 Å². The van der Waals surface area contributed by atoms with E-state index >= 15 is 0 Å². The molecule has 0 radical (unpaired) electrons. The topological polar surface area (TPSA) is 83.7 Å². The number of carboxylic acid groups (broad SMARTS) is 1. The molecule has 0 aromatic heterocycles. The summed E-state index contributed by atoms with van der Waals surface area (Å²) in [5.74, 6) is -0.938. The number of non-ortho nitro benzene ring substituents is 1. The third-order valence-electron chi connectivity index (χ3n) is 3.60. The Bertz CT molecular complexity index is 725. The third kappa shape index (κ3) is 2.43. The maximum Gasteiger partial charge on any atom is 0.335 e. The van der Waals surface area contributed by atoms with Crippen molar-refractivity contribution in [3.8, 4) is 0 Å². The van der Waals surface area contributed by atoms with Crippen LogP contribution in [0.15, 0.2) is 42.5 Å². The molecule has 21 heavy (non-hydrogen) atoms. The number of anilines is 1. The molecule has 1 aliphatic heterocycles. The van der Waals surface area contributed by atoms with Crippen molar-refractivity contribution in [3.63, 3.8) is 0 Å². The molecule has 0 amide bonds. The number of carbonyl (C=O) groups is 1. The molecule has 6 heteroatoms. The maximum atomic E-state index is 11.0. The molecule has 0 atom stereocenters. The van der Waals surface area contributed by atoms with E-state index in [1.165, 1.54) is 12.1 Å². The summed E-state index contributed by atoms with van der Waals surface area (Å²) in [5.41, 5.74) is 3.28. The van der Waals surface area contributed by atoms with Gasteiger partial charge >= 0.3 is 5.97 Å². The summed E-state index contributed by atoms with van der Waals surface area (Å²) in [6, 6.07) is 11.5. The Morgan fingerprint density at radius 3 is 2.38 bits per heavy atom. The molecule has 106 valence electrons. The van der Waals surface area contributed by atoms with Crippen LogP contribution in [-0.4, -0.2) is 16.0 Å². The van der Waals surface area contributed by atoms with Gasteiger partial charge in [-0.1, -0.05) is 6.07 Å². The molecular weight excluding hydrogens is 272 g/mol. The largest absolute Gasteiger partial charge is 0.478 e. The first-order valence-electron chi connectivity index (χ1n) is 6.39. The van der Waals surface area contributed by atoms with E-state index in [4.69, 9.17) is 5.11 Å². The van der Waals surface area contributed by atoms with Gasteiger partial charge < -0.3 is 10.0 Å². The molecular formula is C15H12N2O4. The van der Waals surface area contributed by atoms with E-state index in [1.54, 1.807) is 24.3 Å². The maximum absolute atomic E-state index is 11.0. The predicted octanol–water partition coefficient (Wildman–Crippen LogP) is 2.81. The number of rotatable bonds is 3. The van der Waals surface area contributed by atoms with Crippen LogP contribution in [0, 0.1) is 10.1 Å². The average Bonchev–Trinajstić information content (AvgIpc) is 2.90. The number of benzene rings is 2. The van der Waals surface area contributed by atoms with Crippen LogP contribution in [0.1, 0.15) is 21.5 Å². The van der Waals surface area contributed by atoms with Crippen LogP contribution < -0.4 is 4.90 Å². The van der Waals surface area contributed by atoms with E-state index in [2.05, 4.69) is 4.90 Å². The van der Waals surface area contributed by atoms with Crippen LogP contribution in [0.5, 0.6) is 0 Å². The number of hydrogen-bond acceptors (Lipinski definition) is 4. The highest BCUT2D eigenvalue weighted by Gasteiger charge is 2.21. The van der Waals surface area contributed by atoms with Crippen LogP contribution in [0.2, 0.25) is 0 Å². The summed E-state index contributed by atoms with van der Waals surface area (Å²) < 4.78 is 0. The fourth-order valence-corrected chi connectivity index (χ4v) is 2.50. The van der Waals surface area contributed by atoms with Crippen molar-refractivity contribution in [1.82, 2.24) is 0 Å². The Morgan fingerprint density at radius 1 is 1.10 bits per heavy atom. The van der Waals surface area contributed by atoms with Crippen LogP contribution in [-0.2, 0) is 13.1 Å². The molecule has 1 N–H and O–H groups in total. The van der Waals surface area contributed by atoms with E-state index in [0.717, 1.165) is 16.8 Å². The second-order valence-electron chi connectivity index (χ2n) is 4.92. The SMILES string of the molecule is O=C(O)c1ccc2c(c1)CN(c1ccc([N+](=O)[O-])cc1)C2. The third-order valence-corrected chi connectivity index (χ3v) is 3.60. The Labute approximate surface area is 120 Å². The van der Waals surface area contributed by atoms with Gasteiger partial charge in [0.05, 0.1) is 10.5 Å². The minimum absolute atomic E-state index is 0.0589. The number of carboxylic acids is 1. The number of nitrogens with zero attached hydrogens (tertiary/aromatic N) is 2. The van der Waals surface area contributed by atoms with Crippen molar-refractivity contribution in [2.45, 2.75) is 13.1 Å². The molecule has 0 saturated heterocycles. The monoisotopic (exact) mass is 284 g/mol. The minimum atomic E-state index is -0.938. The van der Waals surface area contributed by atoms with Gasteiger partial charge in [-0.15, -0.1) is 0 Å². The van der Waals surface area contributed by atoms with Gasteiger partial charge in [0, 0.05) is 30.9 Å². The van der Waals surface area contributed by atoms with E-state index in [9.17, 15) is 14.9 Å². The van der Waals surface area contributed by atoms with Crippen molar-refractivity contribution in [2.24, 2.45) is 0 Å². The lowest BCUT2D eigenvalue weighted by molar-refractivity contribution is -0.384. The van der Waals surface area contributed by atoms with Gasteiger partial charge in [-0.05, 0) is 35.4 Å². The standard InChI is InChI=1S/C15H12N2O4/c18-15(19)10-1-2-11-8-16(9-12(11)7-10)13-3-5-14(6-4-13)17(20)21/h1-7H,8-9H2,(H,18,19). The summed E-state index contributed by atoms with van der Waals surface area (Å²) in [4.78, 5) is 23.3. The van der Waals surface area contributed by atoms with Crippen LogP contribution in [0.3, 0.4) is 0 Å². The number of aromatic carboxylic acids is 1. The Morgan fingerprint density at radius 2 is 1.76 bits per heavy atom. The highest BCUT2D eigenvalue weighted by molar-refractivity contribution is 5.88. The van der Waals surface area contributed by atoms with Crippen molar-refractivity contribution < 1.29 is 14.8 Å². The lowest BCUT2D eigenvalue weighted by atomic mass is 10.1.